The third kappa shape index (κ3) is 3.02. The van der Waals surface area contributed by atoms with E-state index in [1.165, 1.54) is 23.1 Å². The fourth-order valence-electron chi connectivity index (χ4n) is 3.40. The minimum Gasteiger partial charge on any atom is -0.488 e. The highest BCUT2D eigenvalue weighted by Gasteiger charge is 2.22. The van der Waals surface area contributed by atoms with Gasteiger partial charge in [0.1, 0.15) is 11.9 Å². The quantitative estimate of drug-likeness (QED) is 0.914. The highest BCUT2D eigenvalue weighted by atomic mass is 16.5. The number of benzene rings is 2. The van der Waals surface area contributed by atoms with Crippen LogP contribution in [0.1, 0.15) is 23.1 Å². The molecular formula is C19H20N2O2. The number of anilines is 1. The first kappa shape index (κ1) is 14.1. The number of urea groups is 1. The minimum absolute atomic E-state index is 0.0122. The van der Waals surface area contributed by atoms with Crippen molar-refractivity contribution in [3.8, 4) is 5.75 Å². The molecule has 1 heterocycles. The van der Waals surface area contributed by atoms with Crippen molar-refractivity contribution in [1.29, 1.82) is 0 Å². The standard InChI is InChI=1S/C19H20N2O2/c22-19(21-16-9-8-13-5-3-6-14(13)10-16)20-12-17-11-15-4-1-2-7-18(15)23-17/h1-2,4,7-10,17H,3,5-6,11-12H2,(H2,20,21,22). The second-order valence-electron chi connectivity index (χ2n) is 6.22. The number of para-hydroxylation sites is 1. The molecule has 0 aromatic heterocycles. The molecule has 23 heavy (non-hydrogen) atoms. The molecule has 0 fully saturated rings. The number of carbonyl (C=O) groups is 1. The van der Waals surface area contributed by atoms with Crippen LogP contribution in [0.25, 0.3) is 0 Å². The van der Waals surface area contributed by atoms with Gasteiger partial charge in [0.05, 0.1) is 6.54 Å². The van der Waals surface area contributed by atoms with Crippen LogP contribution >= 0.6 is 0 Å². The maximum atomic E-state index is 12.1. The van der Waals surface area contributed by atoms with Crippen molar-refractivity contribution < 1.29 is 9.53 Å². The van der Waals surface area contributed by atoms with Crippen molar-refractivity contribution in [1.82, 2.24) is 5.32 Å². The summed E-state index contributed by atoms with van der Waals surface area (Å²) in [6.45, 7) is 0.505. The van der Waals surface area contributed by atoms with Crippen molar-refractivity contribution in [2.75, 3.05) is 11.9 Å². The first-order chi connectivity index (χ1) is 11.3. The molecule has 0 saturated carbocycles. The summed E-state index contributed by atoms with van der Waals surface area (Å²) < 4.78 is 5.83. The van der Waals surface area contributed by atoms with Crippen molar-refractivity contribution >= 4 is 11.7 Å². The number of nitrogens with one attached hydrogen (secondary N) is 2. The van der Waals surface area contributed by atoms with Crippen LogP contribution in [0.4, 0.5) is 10.5 Å². The monoisotopic (exact) mass is 308 g/mol. The number of aryl methyl sites for hydroxylation is 2. The van der Waals surface area contributed by atoms with Crippen LogP contribution in [0, 0.1) is 0 Å². The Kier molecular flexibility index (Phi) is 3.66. The van der Waals surface area contributed by atoms with Gasteiger partial charge in [0.25, 0.3) is 0 Å². The number of hydrogen-bond donors (Lipinski definition) is 2. The van der Waals surface area contributed by atoms with Crippen LogP contribution in [0.2, 0.25) is 0 Å². The van der Waals surface area contributed by atoms with Gasteiger partial charge in [0.15, 0.2) is 0 Å². The van der Waals surface area contributed by atoms with Gasteiger partial charge in [-0.1, -0.05) is 24.3 Å². The Balaban J connectivity index is 1.30. The second kappa shape index (κ2) is 5.95. The van der Waals surface area contributed by atoms with Crippen LogP contribution in [-0.2, 0) is 19.3 Å². The van der Waals surface area contributed by atoms with Gasteiger partial charge in [0, 0.05) is 12.1 Å². The van der Waals surface area contributed by atoms with E-state index in [2.05, 4.69) is 28.8 Å². The molecule has 2 N–H and O–H groups in total. The van der Waals surface area contributed by atoms with Crippen LogP contribution in [0.5, 0.6) is 5.75 Å². The number of rotatable bonds is 3. The summed E-state index contributed by atoms with van der Waals surface area (Å²) in [4.78, 5) is 12.1. The smallest absolute Gasteiger partial charge is 0.319 e. The first-order valence-electron chi connectivity index (χ1n) is 8.19. The molecule has 1 unspecified atom stereocenters. The van der Waals surface area contributed by atoms with Gasteiger partial charge in [-0.2, -0.15) is 0 Å². The molecule has 4 heteroatoms. The lowest BCUT2D eigenvalue weighted by Gasteiger charge is -2.13. The molecule has 1 aliphatic heterocycles. The summed E-state index contributed by atoms with van der Waals surface area (Å²) in [6.07, 6.45) is 4.33. The summed E-state index contributed by atoms with van der Waals surface area (Å²) >= 11 is 0. The minimum atomic E-state index is -0.178. The van der Waals surface area contributed by atoms with E-state index in [-0.39, 0.29) is 12.1 Å². The summed E-state index contributed by atoms with van der Waals surface area (Å²) in [5, 5.41) is 5.81. The van der Waals surface area contributed by atoms with Crippen LogP contribution in [0.3, 0.4) is 0 Å². The Labute approximate surface area is 135 Å². The molecule has 2 aliphatic rings. The molecule has 4 nitrogen and oxygen atoms in total. The van der Waals surface area contributed by atoms with E-state index >= 15 is 0 Å². The van der Waals surface area contributed by atoms with E-state index in [4.69, 9.17) is 4.74 Å². The summed E-state index contributed by atoms with van der Waals surface area (Å²) in [5.74, 6) is 0.929. The molecule has 2 aromatic carbocycles. The van der Waals surface area contributed by atoms with Crippen molar-refractivity contribution in [2.24, 2.45) is 0 Å². The lowest BCUT2D eigenvalue weighted by atomic mass is 10.1. The fraction of sp³-hybridized carbons (Fsp3) is 0.316. The summed E-state index contributed by atoms with van der Waals surface area (Å²) in [6, 6.07) is 14.0. The second-order valence-corrected chi connectivity index (χ2v) is 6.22. The fourth-order valence-corrected chi connectivity index (χ4v) is 3.40. The Bertz CT molecular complexity index is 717. The number of ether oxygens (including phenoxy) is 1. The molecule has 0 saturated heterocycles. The van der Waals surface area contributed by atoms with Crippen LogP contribution < -0.4 is 15.4 Å². The topological polar surface area (TPSA) is 50.4 Å². The van der Waals surface area contributed by atoms with Crippen molar-refractivity contribution in [2.45, 2.75) is 31.8 Å². The largest absolute Gasteiger partial charge is 0.488 e. The zero-order valence-corrected chi connectivity index (χ0v) is 13.0. The third-order valence-electron chi connectivity index (χ3n) is 4.56. The SMILES string of the molecule is O=C(NCC1Cc2ccccc2O1)Nc1ccc2c(c1)CCC2. The van der Waals surface area contributed by atoms with E-state index in [0.29, 0.717) is 6.54 Å². The maximum Gasteiger partial charge on any atom is 0.319 e. The van der Waals surface area contributed by atoms with Crippen molar-refractivity contribution in [3.05, 3.63) is 59.2 Å². The molecule has 0 radical (unpaired) electrons. The average molecular weight is 308 g/mol. The molecule has 1 atom stereocenters. The third-order valence-corrected chi connectivity index (χ3v) is 4.56. The molecule has 2 aromatic rings. The molecule has 2 amide bonds. The van der Waals surface area contributed by atoms with Crippen molar-refractivity contribution in [3.63, 3.8) is 0 Å². The number of carbonyl (C=O) groups excluding carboxylic acids is 1. The Morgan fingerprint density at radius 2 is 1.96 bits per heavy atom. The lowest BCUT2D eigenvalue weighted by Crippen LogP contribution is -2.37. The molecule has 0 spiro atoms. The summed E-state index contributed by atoms with van der Waals surface area (Å²) in [7, 11) is 0. The van der Waals surface area contributed by atoms with E-state index in [1.54, 1.807) is 0 Å². The zero-order valence-electron chi connectivity index (χ0n) is 13.0. The molecule has 1 aliphatic carbocycles. The number of amides is 2. The van der Waals surface area contributed by atoms with E-state index in [0.717, 1.165) is 30.7 Å². The molecular weight excluding hydrogens is 288 g/mol. The highest BCUT2D eigenvalue weighted by Crippen LogP contribution is 2.28. The van der Waals surface area contributed by atoms with Gasteiger partial charge in [0.2, 0.25) is 0 Å². The summed E-state index contributed by atoms with van der Waals surface area (Å²) in [5.41, 5.74) is 4.84. The zero-order chi connectivity index (χ0) is 15.6. The predicted molar refractivity (Wildman–Crippen MR) is 90.1 cm³/mol. The average Bonchev–Trinajstić information content (AvgIpc) is 3.18. The Hall–Kier alpha value is -2.49. The lowest BCUT2D eigenvalue weighted by molar-refractivity contribution is 0.219. The van der Waals surface area contributed by atoms with Gasteiger partial charge in [-0.3, -0.25) is 0 Å². The van der Waals surface area contributed by atoms with Gasteiger partial charge in [-0.15, -0.1) is 0 Å². The normalized spacial score (nSPS) is 18.0. The van der Waals surface area contributed by atoms with Crippen LogP contribution in [-0.4, -0.2) is 18.7 Å². The van der Waals surface area contributed by atoms with Gasteiger partial charge in [-0.05, 0) is 54.2 Å². The Morgan fingerprint density at radius 1 is 1.09 bits per heavy atom. The molecule has 118 valence electrons. The first-order valence-corrected chi connectivity index (χ1v) is 8.19. The van der Waals surface area contributed by atoms with Gasteiger partial charge < -0.3 is 15.4 Å². The van der Waals surface area contributed by atoms with Gasteiger partial charge >= 0.3 is 6.03 Å². The molecule has 0 bridgehead atoms. The van der Waals surface area contributed by atoms with E-state index < -0.39 is 0 Å². The van der Waals surface area contributed by atoms with E-state index in [1.807, 2.05) is 24.3 Å². The maximum absolute atomic E-state index is 12.1. The number of hydrogen-bond acceptors (Lipinski definition) is 2. The van der Waals surface area contributed by atoms with E-state index in [9.17, 15) is 4.79 Å². The highest BCUT2D eigenvalue weighted by molar-refractivity contribution is 5.89. The predicted octanol–water partition coefficient (Wildman–Crippen LogP) is 3.30. The van der Waals surface area contributed by atoms with Gasteiger partial charge in [-0.25, -0.2) is 4.79 Å². The number of fused-ring (bicyclic) bond motifs is 2. The molecule has 4 rings (SSSR count). The van der Waals surface area contributed by atoms with Crippen LogP contribution in [0.15, 0.2) is 42.5 Å². The Morgan fingerprint density at radius 3 is 2.87 bits per heavy atom.